The monoisotopic (exact) mass is 452 g/mol. The van der Waals surface area contributed by atoms with Crippen LogP contribution in [0.25, 0.3) is 0 Å². The maximum atomic E-state index is 12.6. The fourth-order valence-corrected chi connectivity index (χ4v) is 4.69. The molecule has 0 rings (SSSR count). The van der Waals surface area contributed by atoms with E-state index in [4.69, 9.17) is 4.74 Å². The second-order valence-electron chi connectivity index (χ2n) is 10.9. The largest absolute Gasteiger partial charge is 0.462 e. The van der Waals surface area contributed by atoms with Gasteiger partial charge in [0.05, 0.1) is 0 Å². The summed E-state index contributed by atoms with van der Waals surface area (Å²) in [5, 5.41) is 0. The number of unbranched alkanes of at least 4 members (excludes halogenated alkanes) is 16. The van der Waals surface area contributed by atoms with Gasteiger partial charge in [-0.05, 0) is 25.7 Å². The molecule has 1 unspecified atom stereocenters. The van der Waals surface area contributed by atoms with Gasteiger partial charge in [0.25, 0.3) is 0 Å². The number of hydrogen-bond donors (Lipinski definition) is 0. The Morgan fingerprint density at radius 1 is 0.594 bits per heavy atom. The number of rotatable bonds is 24. The van der Waals surface area contributed by atoms with Gasteiger partial charge in [-0.1, -0.05) is 144 Å². The third kappa shape index (κ3) is 19.0. The third-order valence-corrected chi connectivity index (χ3v) is 7.12. The summed E-state index contributed by atoms with van der Waals surface area (Å²) in [5.41, 5.74) is 0.0875. The molecule has 0 aliphatic rings. The lowest BCUT2D eigenvalue weighted by Gasteiger charge is -2.34. The summed E-state index contributed by atoms with van der Waals surface area (Å²) in [5.74, 6) is 0.0430. The van der Waals surface area contributed by atoms with Gasteiger partial charge in [0.1, 0.15) is 6.10 Å². The van der Waals surface area contributed by atoms with Crippen molar-refractivity contribution in [3.8, 4) is 0 Å². The summed E-state index contributed by atoms with van der Waals surface area (Å²) < 4.78 is 6.13. The highest BCUT2D eigenvalue weighted by Crippen LogP contribution is 2.34. The molecule has 0 N–H and O–H groups in total. The molecule has 32 heavy (non-hydrogen) atoms. The zero-order chi connectivity index (χ0) is 23.9. The summed E-state index contributed by atoms with van der Waals surface area (Å²) in [6, 6.07) is 0. The molecule has 0 radical (unpaired) electrons. The van der Waals surface area contributed by atoms with E-state index in [-0.39, 0.29) is 17.5 Å². The molecule has 0 saturated carbocycles. The lowest BCUT2D eigenvalue weighted by Crippen LogP contribution is -2.34. The van der Waals surface area contributed by atoms with Crippen LogP contribution in [0.15, 0.2) is 0 Å². The van der Waals surface area contributed by atoms with E-state index in [1.54, 1.807) is 0 Å². The SMILES string of the molecule is CCCCCCCCCCCC(OC(=O)CCCCCCC)C(C)(C)CCCCCCC. The molecule has 2 heteroatoms. The van der Waals surface area contributed by atoms with E-state index in [9.17, 15) is 4.79 Å². The van der Waals surface area contributed by atoms with Crippen molar-refractivity contribution < 1.29 is 9.53 Å². The Balaban J connectivity index is 4.40. The Hall–Kier alpha value is -0.530. The molecule has 192 valence electrons. The summed E-state index contributed by atoms with van der Waals surface area (Å²) in [4.78, 5) is 12.6. The van der Waals surface area contributed by atoms with Crippen LogP contribution in [0.4, 0.5) is 0 Å². The molecule has 0 aliphatic carbocycles. The van der Waals surface area contributed by atoms with Gasteiger partial charge in [0.15, 0.2) is 0 Å². The van der Waals surface area contributed by atoms with Crippen molar-refractivity contribution in [1.82, 2.24) is 0 Å². The van der Waals surface area contributed by atoms with E-state index >= 15 is 0 Å². The summed E-state index contributed by atoms with van der Waals surface area (Å²) in [7, 11) is 0. The average molecular weight is 453 g/mol. The summed E-state index contributed by atoms with van der Waals surface area (Å²) >= 11 is 0. The van der Waals surface area contributed by atoms with Crippen LogP contribution in [0.5, 0.6) is 0 Å². The van der Waals surface area contributed by atoms with Crippen molar-refractivity contribution in [2.75, 3.05) is 0 Å². The molecule has 1 atom stereocenters. The number of esters is 1. The first kappa shape index (κ1) is 31.5. The summed E-state index contributed by atoms with van der Waals surface area (Å²) in [6.07, 6.45) is 27.5. The molecular formula is C30H60O2. The topological polar surface area (TPSA) is 26.3 Å². The zero-order valence-corrected chi connectivity index (χ0v) is 23.0. The molecule has 0 aromatic heterocycles. The second kappa shape index (κ2) is 22.3. The molecule has 0 bridgehead atoms. The highest BCUT2D eigenvalue weighted by molar-refractivity contribution is 5.69. The van der Waals surface area contributed by atoms with Crippen molar-refractivity contribution in [1.29, 1.82) is 0 Å². The van der Waals surface area contributed by atoms with Crippen LogP contribution in [0.3, 0.4) is 0 Å². The minimum atomic E-state index is 0.0430. The van der Waals surface area contributed by atoms with Crippen molar-refractivity contribution in [2.45, 2.75) is 182 Å². The molecule has 0 aromatic rings. The predicted octanol–water partition coefficient (Wildman–Crippen LogP) is 10.6. The van der Waals surface area contributed by atoms with Gasteiger partial charge in [-0.2, -0.15) is 0 Å². The van der Waals surface area contributed by atoms with Crippen LogP contribution in [0.1, 0.15) is 176 Å². The van der Waals surface area contributed by atoms with E-state index in [0.29, 0.717) is 6.42 Å². The van der Waals surface area contributed by atoms with E-state index in [1.807, 2.05) is 0 Å². The lowest BCUT2D eigenvalue weighted by atomic mass is 9.79. The van der Waals surface area contributed by atoms with Gasteiger partial charge in [-0.15, -0.1) is 0 Å². The highest BCUT2D eigenvalue weighted by Gasteiger charge is 2.31. The highest BCUT2D eigenvalue weighted by atomic mass is 16.5. The molecule has 2 nitrogen and oxygen atoms in total. The van der Waals surface area contributed by atoms with Crippen LogP contribution in [-0.4, -0.2) is 12.1 Å². The van der Waals surface area contributed by atoms with Crippen LogP contribution in [0.2, 0.25) is 0 Å². The van der Waals surface area contributed by atoms with Crippen LogP contribution < -0.4 is 0 Å². The van der Waals surface area contributed by atoms with Gasteiger partial charge in [0, 0.05) is 11.8 Å². The molecule has 0 aromatic carbocycles. The first-order valence-electron chi connectivity index (χ1n) is 14.7. The predicted molar refractivity (Wildman–Crippen MR) is 142 cm³/mol. The quantitative estimate of drug-likeness (QED) is 0.107. The molecule has 0 heterocycles. The minimum Gasteiger partial charge on any atom is -0.462 e. The van der Waals surface area contributed by atoms with Gasteiger partial charge in [-0.25, -0.2) is 0 Å². The normalized spacial score (nSPS) is 12.8. The van der Waals surface area contributed by atoms with Crippen molar-refractivity contribution >= 4 is 5.97 Å². The first-order chi connectivity index (χ1) is 15.5. The van der Waals surface area contributed by atoms with Crippen LogP contribution in [-0.2, 0) is 9.53 Å². The molecule has 0 aliphatic heterocycles. The van der Waals surface area contributed by atoms with E-state index in [0.717, 1.165) is 19.3 Å². The van der Waals surface area contributed by atoms with Crippen molar-refractivity contribution in [2.24, 2.45) is 5.41 Å². The summed E-state index contributed by atoms with van der Waals surface area (Å²) in [6.45, 7) is 11.4. The second-order valence-corrected chi connectivity index (χ2v) is 10.9. The number of hydrogen-bond acceptors (Lipinski definition) is 2. The molecule has 0 saturated heterocycles. The first-order valence-corrected chi connectivity index (χ1v) is 14.7. The lowest BCUT2D eigenvalue weighted by molar-refractivity contribution is -0.156. The minimum absolute atomic E-state index is 0.0430. The van der Waals surface area contributed by atoms with Gasteiger partial charge in [-0.3, -0.25) is 4.79 Å². The Morgan fingerprint density at radius 3 is 1.50 bits per heavy atom. The number of ether oxygens (including phenoxy) is 1. The molecule has 0 fully saturated rings. The Labute approximate surface area is 203 Å². The number of carbonyl (C=O) groups excluding carboxylic acids is 1. The molecule has 0 spiro atoms. The van der Waals surface area contributed by atoms with Gasteiger partial charge < -0.3 is 4.74 Å². The maximum Gasteiger partial charge on any atom is 0.306 e. The van der Waals surface area contributed by atoms with Crippen molar-refractivity contribution in [3.05, 3.63) is 0 Å². The maximum absolute atomic E-state index is 12.6. The fraction of sp³-hybridized carbons (Fsp3) is 0.967. The van der Waals surface area contributed by atoms with E-state index in [1.165, 1.54) is 116 Å². The van der Waals surface area contributed by atoms with E-state index in [2.05, 4.69) is 34.6 Å². The van der Waals surface area contributed by atoms with Crippen molar-refractivity contribution in [3.63, 3.8) is 0 Å². The molecule has 0 amide bonds. The third-order valence-electron chi connectivity index (χ3n) is 7.12. The van der Waals surface area contributed by atoms with Gasteiger partial charge >= 0.3 is 5.97 Å². The van der Waals surface area contributed by atoms with Crippen LogP contribution in [0, 0.1) is 5.41 Å². The zero-order valence-electron chi connectivity index (χ0n) is 23.0. The Kier molecular flexibility index (Phi) is 21.9. The Bertz CT molecular complexity index is 402. The Morgan fingerprint density at radius 2 is 1.00 bits per heavy atom. The fourth-order valence-electron chi connectivity index (χ4n) is 4.69. The smallest absolute Gasteiger partial charge is 0.306 e. The molecular weight excluding hydrogens is 392 g/mol. The number of carbonyl (C=O) groups is 1. The average Bonchev–Trinajstić information content (AvgIpc) is 2.76. The van der Waals surface area contributed by atoms with Gasteiger partial charge in [0.2, 0.25) is 0 Å². The standard InChI is InChI=1S/C30H60O2/c1-6-9-12-15-16-17-18-20-22-25-28(30(4,5)27-24-21-14-11-8-3)32-29(31)26-23-19-13-10-7-2/h28H,6-27H2,1-5H3. The van der Waals surface area contributed by atoms with E-state index < -0.39 is 0 Å². The van der Waals surface area contributed by atoms with Crippen LogP contribution >= 0.6 is 0 Å².